The Hall–Kier alpha value is -0.200. The molecule has 1 heterocycles. The molecule has 17 heavy (non-hydrogen) atoms. The second-order valence-electron chi connectivity index (χ2n) is 4.82. The maximum absolute atomic E-state index is 8.96. The first-order chi connectivity index (χ1) is 8.30. The summed E-state index contributed by atoms with van der Waals surface area (Å²) in [6.07, 6.45) is 2.40. The molecule has 0 bridgehead atoms. The molecule has 0 saturated carbocycles. The molecule has 5 heteroatoms. The minimum absolute atomic E-state index is 0.173. The number of nitrogens with zero attached hydrogens (tertiary/aromatic N) is 2. The van der Waals surface area contributed by atoms with Gasteiger partial charge in [-0.2, -0.15) is 0 Å². The van der Waals surface area contributed by atoms with Crippen molar-refractivity contribution in [2.24, 2.45) is 11.7 Å². The molecule has 0 atom stereocenters. The van der Waals surface area contributed by atoms with Crippen molar-refractivity contribution in [1.29, 1.82) is 0 Å². The van der Waals surface area contributed by atoms with Gasteiger partial charge in [0.1, 0.15) is 0 Å². The van der Waals surface area contributed by atoms with Crippen molar-refractivity contribution in [3.63, 3.8) is 0 Å². The van der Waals surface area contributed by atoms with Crippen LogP contribution in [0.3, 0.4) is 0 Å². The second kappa shape index (κ2) is 8.83. The molecule has 0 spiro atoms. The standard InChI is InChI=1S/C12H27N3O2/c13-3-6-14-4-1-12(2-5-14)11-15(7-9-16)8-10-17/h12,16-17H,1-11,13H2. The van der Waals surface area contributed by atoms with Gasteiger partial charge in [-0.25, -0.2) is 0 Å². The van der Waals surface area contributed by atoms with E-state index in [1.54, 1.807) is 0 Å². The Morgan fingerprint density at radius 2 is 1.71 bits per heavy atom. The van der Waals surface area contributed by atoms with Gasteiger partial charge in [-0.1, -0.05) is 0 Å². The Balaban J connectivity index is 2.22. The molecule has 4 N–H and O–H groups in total. The number of likely N-dealkylation sites (tertiary alicyclic amines) is 1. The molecule has 1 fully saturated rings. The van der Waals surface area contributed by atoms with E-state index in [-0.39, 0.29) is 13.2 Å². The third kappa shape index (κ3) is 5.79. The van der Waals surface area contributed by atoms with Crippen LogP contribution in [-0.2, 0) is 0 Å². The highest BCUT2D eigenvalue weighted by atomic mass is 16.3. The SMILES string of the molecule is NCCN1CCC(CN(CCO)CCO)CC1. The average Bonchev–Trinajstić information content (AvgIpc) is 2.33. The molecular formula is C12H27N3O2. The molecule has 0 unspecified atom stereocenters. The number of rotatable bonds is 8. The van der Waals surface area contributed by atoms with E-state index < -0.39 is 0 Å². The summed E-state index contributed by atoms with van der Waals surface area (Å²) in [6.45, 7) is 6.69. The maximum Gasteiger partial charge on any atom is 0.0558 e. The van der Waals surface area contributed by atoms with Crippen LogP contribution in [0.5, 0.6) is 0 Å². The number of aliphatic hydroxyl groups is 2. The Kier molecular flexibility index (Phi) is 7.72. The monoisotopic (exact) mass is 245 g/mol. The van der Waals surface area contributed by atoms with Gasteiger partial charge in [0, 0.05) is 32.7 Å². The fourth-order valence-corrected chi connectivity index (χ4v) is 2.52. The quantitative estimate of drug-likeness (QED) is 0.508. The number of piperidine rings is 1. The zero-order chi connectivity index (χ0) is 12.5. The molecule has 1 saturated heterocycles. The van der Waals surface area contributed by atoms with Gasteiger partial charge in [-0.05, 0) is 31.8 Å². The van der Waals surface area contributed by atoms with Crippen LogP contribution in [0.1, 0.15) is 12.8 Å². The van der Waals surface area contributed by atoms with E-state index >= 15 is 0 Å². The summed E-state index contributed by atoms with van der Waals surface area (Å²) in [5.41, 5.74) is 5.55. The van der Waals surface area contributed by atoms with Crippen molar-refractivity contribution in [1.82, 2.24) is 9.80 Å². The lowest BCUT2D eigenvalue weighted by Crippen LogP contribution is -2.41. The first-order valence-corrected chi connectivity index (χ1v) is 6.66. The Bertz CT molecular complexity index is 179. The van der Waals surface area contributed by atoms with Crippen molar-refractivity contribution in [3.05, 3.63) is 0 Å². The van der Waals surface area contributed by atoms with Crippen molar-refractivity contribution < 1.29 is 10.2 Å². The Morgan fingerprint density at radius 1 is 1.12 bits per heavy atom. The van der Waals surface area contributed by atoms with Crippen molar-refractivity contribution in [2.45, 2.75) is 12.8 Å². The molecule has 1 aliphatic heterocycles. The zero-order valence-electron chi connectivity index (χ0n) is 10.7. The van der Waals surface area contributed by atoms with Crippen LogP contribution in [0.25, 0.3) is 0 Å². The predicted octanol–water partition coefficient (Wildman–Crippen LogP) is -1.06. The second-order valence-corrected chi connectivity index (χ2v) is 4.82. The molecule has 1 rings (SSSR count). The minimum Gasteiger partial charge on any atom is -0.395 e. The van der Waals surface area contributed by atoms with Gasteiger partial charge in [0.2, 0.25) is 0 Å². The summed E-state index contributed by atoms with van der Waals surface area (Å²) in [5, 5.41) is 17.9. The molecule has 0 aromatic rings. The highest BCUT2D eigenvalue weighted by Gasteiger charge is 2.20. The summed E-state index contributed by atoms with van der Waals surface area (Å²) in [6, 6.07) is 0. The lowest BCUT2D eigenvalue weighted by molar-refractivity contribution is 0.114. The number of hydrogen-bond acceptors (Lipinski definition) is 5. The molecule has 0 aliphatic carbocycles. The first-order valence-electron chi connectivity index (χ1n) is 6.66. The van der Waals surface area contributed by atoms with Gasteiger partial charge < -0.3 is 20.8 Å². The third-order valence-electron chi connectivity index (χ3n) is 3.50. The normalized spacial score (nSPS) is 19.1. The largest absolute Gasteiger partial charge is 0.395 e. The lowest BCUT2D eigenvalue weighted by atomic mass is 9.96. The van der Waals surface area contributed by atoms with E-state index in [9.17, 15) is 0 Å². The molecule has 1 aliphatic rings. The van der Waals surface area contributed by atoms with Crippen LogP contribution in [0, 0.1) is 5.92 Å². The van der Waals surface area contributed by atoms with E-state index in [0.29, 0.717) is 19.0 Å². The number of nitrogens with two attached hydrogens (primary N) is 1. The van der Waals surface area contributed by atoms with E-state index in [0.717, 1.165) is 32.7 Å². The van der Waals surface area contributed by atoms with Crippen LogP contribution in [0.4, 0.5) is 0 Å². The summed E-state index contributed by atoms with van der Waals surface area (Å²) >= 11 is 0. The Morgan fingerprint density at radius 3 is 2.18 bits per heavy atom. The van der Waals surface area contributed by atoms with Gasteiger partial charge in [0.05, 0.1) is 13.2 Å². The highest BCUT2D eigenvalue weighted by molar-refractivity contribution is 4.75. The summed E-state index contributed by atoms with van der Waals surface area (Å²) in [5.74, 6) is 0.696. The fourth-order valence-electron chi connectivity index (χ4n) is 2.52. The predicted molar refractivity (Wildman–Crippen MR) is 68.8 cm³/mol. The van der Waals surface area contributed by atoms with E-state index in [2.05, 4.69) is 9.80 Å². The summed E-state index contributed by atoms with van der Waals surface area (Å²) < 4.78 is 0. The number of aliphatic hydroxyl groups excluding tert-OH is 2. The smallest absolute Gasteiger partial charge is 0.0558 e. The third-order valence-corrected chi connectivity index (χ3v) is 3.50. The number of hydrogen-bond donors (Lipinski definition) is 3. The minimum atomic E-state index is 0.173. The first kappa shape index (κ1) is 14.9. The maximum atomic E-state index is 8.96. The molecule has 5 nitrogen and oxygen atoms in total. The van der Waals surface area contributed by atoms with Crippen molar-refractivity contribution in [2.75, 3.05) is 59.0 Å². The molecule has 0 amide bonds. The topological polar surface area (TPSA) is 73.0 Å². The molecule has 0 aromatic carbocycles. The van der Waals surface area contributed by atoms with Crippen molar-refractivity contribution in [3.8, 4) is 0 Å². The average molecular weight is 245 g/mol. The van der Waals surface area contributed by atoms with Crippen molar-refractivity contribution >= 4 is 0 Å². The van der Waals surface area contributed by atoms with Gasteiger partial charge in [-0.3, -0.25) is 4.90 Å². The van der Waals surface area contributed by atoms with Crippen LogP contribution in [0.15, 0.2) is 0 Å². The molecule has 102 valence electrons. The van der Waals surface area contributed by atoms with Gasteiger partial charge in [0.15, 0.2) is 0 Å². The molecule has 0 aromatic heterocycles. The van der Waals surface area contributed by atoms with Gasteiger partial charge >= 0.3 is 0 Å². The molecule has 0 radical (unpaired) electrons. The lowest BCUT2D eigenvalue weighted by Gasteiger charge is -2.34. The zero-order valence-corrected chi connectivity index (χ0v) is 10.7. The van der Waals surface area contributed by atoms with Gasteiger partial charge in [-0.15, -0.1) is 0 Å². The highest BCUT2D eigenvalue weighted by Crippen LogP contribution is 2.17. The van der Waals surface area contributed by atoms with Crippen LogP contribution < -0.4 is 5.73 Å². The summed E-state index contributed by atoms with van der Waals surface area (Å²) in [4.78, 5) is 4.57. The van der Waals surface area contributed by atoms with Crippen LogP contribution in [-0.4, -0.2) is 79.0 Å². The van der Waals surface area contributed by atoms with Crippen LogP contribution >= 0.6 is 0 Å². The summed E-state index contributed by atoms with van der Waals surface area (Å²) in [7, 11) is 0. The van der Waals surface area contributed by atoms with Gasteiger partial charge in [0.25, 0.3) is 0 Å². The van der Waals surface area contributed by atoms with E-state index in [1.165, 1.54) is 12.8 Å². The van der Waals surface area contributed by atoms with E-state index in [4.69, 9.17) is 15.9 Å². The fraction of sp³-hybridized carbons (Fsp3) is 1.00. The Labute approximate surface area is 104 Å². The molecular weight excluding hydrogens is 218 g/mol. The van der Waals surface area contributed by atoms with Crippen LogP contribution in [0.2, 0.25) is 0 Å². The van der Waals surface area contributed by atoms with E-state index in [1.807, 2.05) is 0 Å².